The lowest BCUT2D eigenvalue weighted by molar-refractivity contribution is 0.621. The van der Waals surface area contributed by atoms with Crippen molar-refractivity contribution >= 4 is 22.5 Å². The molecule has 3 heterocycles. The Morgan fingerprint density at radius 3 is 2.62 bits per heavy atom. The zero-order chi connectivity index (χ0) is 25.8. The van der Waals surface area contributed by atoms with Crippen LogP contribution in [-0.2, 0) is 6.42 Å². The number of rotatable bonds is 5. The van der Waals surface area contributed by atoms with Crippen LogP contribution >= 0.6 is 0 Å². The molecule has 8 nitrogen and oxygen atoms in total. The van der Waals surface area contributed by atoms with Crippen molar-refractivity contribution in [2.24, 2.45) is 0 Å². The Kier molecular flexibility index (Phi) is 6.55. The number of nitrogen functional groups attached to an aromatic ring is 1. The quantitative estimate of drug-likeness (QED) is 0.361. The highest BCUT2D eigenvalue weighted by Crippen LogP contribution is 2.18. The zero-order valence-electron chi connectivity index (χ0n) is 19.9. The largest absolute Gasteiger partial charge is 0.382 e. The number of hydrogen-bond donors (Lipinski definition) is 2. The van der Waals surface area contributed by atoms with E-state index in [1.54, 1.807) is 4.57 Å². The number of aryl methyl sites for hydroxylation is 1. The summed E-state index contributed by atoms with van der Waals surface area (Å²) in [4.78, 5) is 30.6. The molecule has 5 rings (SSSR count). The van der Waals surface area contributed by atoms with Crippen molar-refractivity contribution < 1.29 is 4.39 Å². The van der Waals surface area contributed by atoms with E-state index in [0.717, 1.165) is 17.4 Å². The molecule has 3 aromatic heterocycles. The van der Waals surface area contributed by atoms with E-state index in [9.17, 15) is 9.18 Å². The third-order valence-electron chi connectivity index (χ3n) is 5.75. The molecule has 0 fully saturated rings. The second-order valence-electron chi connectivity index (χ2n) is 8.24. The number of para-hydroxylation sites is 1. The lowest BCUT2D eigenvalue weighted by Gasteiger charge is -2.15. The topological polar surface area (TPSA) is 112 Å². The number of anilines is 2. The predicted molar refractivity (Wildman–Crippen MR) is 141 cm³/mol. The molecule has 182 valence electrons. The van der Waals surface area contributed by atoms with Gasteiger partial charge in [0.05, 0.1) is 22.8 Å². The molecule has 0 saturated carbocycles. The average Bonchev–Trinajstić information content (AvgIpc) is 2.90. The number of pyridine rings is 1. The molecule has 3 N–H and O–H groups in total. The summed E-state index contributed by atoms with van der Waals surface area (Å²) in [5.74, 6) is 6.58. The molecule has 9 heteroatoms. The van der Waals surface area contributed by atoms with Crippen molar-refractivity contribution in [1.82, 2.24) is 24.5 Å². The van der Waals surface area contributed by atoms with Gasteiger partial charge in [-0.15, -0.1) is 0 Å². The molecule has 0 saturated heterocycles. The summed E-state index contributed by atoms with van der Waals surface area (Å²) >= 11 is 0. The first-order valence-corrected chi connectivity index (χ1v) is 11.6. The number of fused-ring (bicyclic) bond motifs is 1. The lowest BCUT2D eigenvalue weighted by Crippen LogP contribution is -2.26. The van der Waals surface area contributed by atoms with Gasteiger partial charge in [0.1, 0.15) is 40.9 Å². The Balaban J connectivity index is 1.46. The standard InChI is InChI=1S/C28H22FN7O/c1-18-6-5-9-23-25(18)28(37)36(21-7-3-2-4-8-21)24(35-23)14-15-31-27-22(26(30)33-17-34-27)13-12-20-11-10-19(29)16-32-20/h2-11,16-17H,14-15H2,1H3,(H3,30,31,33,34). The summed E-state index contributed by atoms with van der Waals surface area (Å²) in [7, 11) is 0. The van der Waals surface area contributed by atoms with Crippen LogP contribution in [-0.4, -0.2) is 31.0 Å². The van der Waals surface area contributed by atoms with E-state index in [4.69, 9.17) is 10.7 Å². The summed E-state index contributed by atoms with van der Waals surface area (Å²) in [6, 6.07) is 17.8. The van der Waals surface area contributed by atoms with E-state index in [-0.39, 0.29) is 11.4 Å². The van der Waals surface area contributed by atoms with Crippen LogP contribution in [0.15, 0.2) is 78.0 Å². The first kappa shape index (κ1) is 23.6. The SMILES string of the molecule is Cc1cccc2nc(CCNc3ncnc(N)c3C#Cc3ccc(F)cn3)n(-c3ccccc3)c(=O)c12. The molecule has 0 bridgehead atoms. The second kappa shape index (κ2) is 10.3. The third-order valence-corrected chi connectivity index (χ3v) is 5.75. The molecule has 0 aliphatic carbocycles. The van der Waals surface area contributed by atoms with Crippen LogP contribution in [0.3, 0.4) is 0 Å². The summed E-state index contributed by atoms with van der Waals surface area (Å²) in [5, 5.41) is 3.83. The maximum Gasteiger partial charge on any atom is 0.266 e. The van der Waals surface area contributed by atoms with Gasteiger partial charge < -0.3 is 11.1 Å². The van der Waals surface area contributed by atoms with Gasteiger partial charge in [0, 0.05) is 13.0 Å². The van der Waals surface area contributed by atoms with Crippen molar-refractivity contribution in [2.45, 2.75) is 13.3 Å². The highest BCUT2D eigenvalue weighted by molar-refractivity contribution is 5.81. The summed E-state index contributed by atoms with van der Waals surface area (Å²) < 4.78 is 14.8. The molecular weight excluding hydrogens is 469 g/mol. The molecule has 5 aromatic rings. The number of benzene rings is 2. The van der Waals surface area contributed by atoms with Crippen molar-refractivity contribution in [3.63, 3.8) is 0 Å². The third kappa shape index (κ3) is 4.99. The molecule has 37 heavy (non-hydrogen) atoms. The van der Waals surface area contributed by atoms with Crippen molar-refractivity contribution in [3.05, 3.63) is 112 Å². The smallest absolute Gasteiger partial charge is 0.266 e. The Morgan fingerprint density at radius 2 is 1.84 bits per heavy atom. The number of nitrogens with two attached hydrogens (primary N) is 1. The van der Waals surface area contributed by atoms with Crippen LogP contribution in [0.5, 0.6) is 0 Å². The van der Waals surface area contributed by atoms with E-state index >= 15 is 0 Å². The Bertz CT molecular complexity index is 1710. The molecule has 0 radical (unpaired) electrons. The van der Waals surface area contributed by atoms with E-state index < -0.39 is 5.82 Å². The number of halogens is 1. The predicted octanol–water partition coefficient (Wildman–Crippen LogP) is 3.65. The minimum Gasteiger partial charge on any atom is -0.382 e. The number of aromatic nitrogens is 5. The van der Waals surface area contributed by atoms with Gasteiger partial charge in [-0.1, -0.05) is 36.3 Å². The van der Waals surface area contributed by atoms with Crippen LogP contribution in [0.4, 0.5) is 16.0 Å². The van der Waals surface area contributed by atoms with Gasteiger partial charge in [0.2, 0.25) is 0 Å². The van der Waals surface area contributed by atoms with Gasteiger partial charge in [-0.2, -0.15) is 0 Å². The first-order chi connectivity index (χ1) is 18.0. The number of nitrogens with zero attached hydrogens (tertiary/aromatic N) is 5. The van der Waals surface area contributed by atoms with Gasteiger partial charge in [-0.3, -0.25) is 9.36 Å². The molecule has 0 aliphatic rings. The molecule has 0 aliphatic heterocycles. The average molecular weight is 492 g/mol. The Morgan fingerprint density at radius 1 is 1.00 bits per heavy atom. The minimum absolute atomic E-state index is 0.117. The fraction of sp³-hybridized carbons (Fsp3) is 0.107. The zero-order valence-corrected chi connectivity index (χ0v) is 19.9. The normalized spacial score (nSPS) is 10.6. The first-order valence-electron chi connectivity index (χ1n) is 11.6. The summed E-state index contributed by atoms with van der Waals surface area (Å²) in [6.45, 7) is 2.31. The van der Waals surface area contributed by atoms with E-state index in [2.05, 4.69) is 32.1 Å². The van der Waals surface area contributed by atoms with Gasteiger partial charge in [-0.05, 0) is 48.7 Å². The van der Waals surface area contributed by atoms with Crippen LogP contribution < -0.4 is 16.6 Å². The van der Waals surface area contributed by atoms with Crippen molar-refractivity contribution in [3.8, 4) is 17.5 Å². The van der Waals surface area contributed by atoms with Crippen LogP contribution in [0.25, 0.3) is 16.6 Å². The molecule has 0 atom stereocenters. The minimum atomic E-state index is -0.443. The monoisotopic (exact) mass is 491 g/mol. The maximum atomic E-state index is 13.6. The highest BCUT2D eigenvalue weighted by Gasteiger charge is 2.15. The van der Waals surface area contributed by atoms with E-state index in [0.29, 0.717) is 46.8 Å². The lowest BCUT2D eigenvalue weighted by atomic mass is 10.1. The van der Waals surface area contributed by atoms with Crippen LogP contribution in [0.1, 0.15) is 22.6 Å². The summed E-state index contributed by atoms with van der Waals surface area (Å²) in [5.41, 5.74) is 8.99. The Hall–Kier alpha value is -5.10. The molecular formula is C28H22FN7O. The molecule has 2 aromatic carbocycles. The van der Waals surface area contributed by atoms with Crippen molar-refractivity contribution in [2.75, 3.05) is 17.6 Å². The van der Waals surface area contributed by atoms with Gasteiger partial charge in [-0.25, -0.2) is 24.3 Å². The Labute approximate surface area is 212 Å². The van der Waals surface area contributed by atoms with E-state index in [1.165, 1.54) is 18.5 Å². The summed E-state index contributed by atoms with van der Waals surface area (Å²) in [6.07, 6.45) is 2.86. The van der Waals surface area contributed by atoms with Gasteiger partial charge >= 0.3 is 0 Å². The maximum absolute atomic E-state index is 13.6. The van der Waals surface area contributed by atoms with E-state index in [1.807, 2.05) is 55.5 Å². The molecule has 0 spiro atoms. The second-order valence-corrected chi connectivity index (χ2v) is 8.24. The van der Waals surface area contributed by atoms with Crippen molar-refractivity contribution in [1.29, 1.82) is 0 Å². The highest BCUT2D eigenvalue weighted by atomic mass is 19.1. The van der Waals surface area contributed by atoms with Crippen LogP contribution in [0.2, 0.25) is 0 Å². The fourth-order valence-electron chi connectivity index (χ4n) is 3.98. The molecule has 0 unspecified atom stereocenters. The fourth-order valence-corrected chi connectivity index (χ4v) is 3.98. The van der Waals surface area contributed by atoms with Gasteiger partial charge in [0.25, 0.3) is 5.56 Å². The number of hydrogen-bond acceptors (Lipinski definition) is 7. The molecule has 0 amide bonds. The number of nitrogens with one attached hydrogen (secondary N) is 1. The van der Waals surface area contributed by atoms with Gasteiger partial charge in [0.15, 0.2) is 0 Å². The van der Waals surface area contributed by atoms with Crippen LogP contribution in [0, 0.1) is 24.6 Å².